The highest BCUT2D eigenvalue weighted by molar-refractivity contribution is 5.94. The van der Waals surface area contributed by atoms with Crippen LogP contribution in [-0.2, 0) is 4.74 Å². The quantitative estimate of drug-likeness (QED) is 0.598. The number of carbonyl (C=O) groups excluding carboxylic acids is 2. The molecule has 0 radical (unpaired) electrons. The van der Waals surface area contributed by atoms with Gasteiger partial charge in [-0.1, -0.05) is 0 Å². The van der Waals surface area contributed by atoms with Crippen molar-refractivity contribution < 1.29 is 14.3 Å². The van der Waals surface area contributed by atoms with E-state index in [1.54, 1.807) is 31.4 Å². The van der Waals surface area contributed by atoms with Gasteiger partial charge in [-0.15, -0.1) is 0 Å². The van der Waals surface area contributed by atoms with Gasteiger partial charge in [0.1, 0.15) is 5.69 Å². The number of amides is 1. The molecule has 1 aromatic heterocycles. The monoisotopic (exact) mass is 314 g/mol. The number of nitrogens with one attached hydrogen (secondary N) is 2. The number of Topliss-reactive ketones (excluding diaryl/α,β-unsaturated/α-hetero) is 1. The molecule has 2 aromatic rings. The first kappa shape index (κ1) is 16.6. The number of rotatable bonds is 7. The molecule has 7 heteroatoms. The molecular weight excluding hydrogens is 296 g/mol. The van der Waals surface area contributed by atoms with Crippen molar-refractivity contribution in [3.63, 3.8) is 0 Å². The normalized spacial score (nSPS) is 10.2. The summed E-state index contributed by atoms with van der Waals surface area (Å²) in [4.78, 5) is 31.4. The predicted molar refractivity (Wildman–Crippen MR) is 86.0 cm³/mol. The molecule has 7 nitrogen and oxygen atoms in total. The molecule has 1 amide bonds. The molecule has 0 bridgehead atoms. The minimum absolute atomic E-state index is 0.00234. The van der Waals surface area contributed by atoms with Gasteiger partial charge < -0.3 is 15.4 Å². The molecule has 120 valence electrons. The smallest absolute Gasteiger partial charge is 0.270 e. The summed E-state index contributed by atoms with van der Waals surface area (Å²) in [5, 5.41) is 5.69. The molecule has 1 heterocycles. The van der Waals surface area contributed by atoms with Gasteiger partial charge in [0.25, 0.3) is 5.91 Å². The lowest BCUT2D eigenvalue weighted by molar-refractivity contribution is 0.0931. The molecule has 0 saturated heterocycles. The standard InChI is InChI=1S/C16H18N4O3/c1-11(21)12-3-5-13(6-4-12)19-16-18-8-7-14(20-16)15(22)17-9-10-23-2/h3-8H,9-10H2,1-2H3,(H,17,22)(H,18,19,20). The number of hydrogen-bond acceptors (Lipinski definition) is 6. The molecule has 23 heavy (non-hydrogen) atoms. The van der Waals surface area contributed by atoms with Crippen molar-refractivity contribution in [2.45, 2.75) is 6.92 Å². The van der Waals surface area contributed by atoms with Crippen LogP contribution in [0.15, 0.2) is 36.5 Å². The second kappa shape index (κ2) is 8.00. The number of benzene rings is 1. The first-order valence-electron chi connectivity index (χ1n) is 7.08. The van der Waals surface area contributed by atoms with E-state index < -0.39 is 0 Å². The van der Waals surface area contributed by atoms with Crippen molar-refractivity contribution in [2.75, 3.05) is 25.6 Å². The van der Waals surface area contributed by atoms with E-state index in [2.05, 4.69) is 20.6 Å². The van der Waals surface area contributed by atoms with Crippen molar-refractivity contribution in [1.29, 1.82) is 0 Å². The molecule has 0 fully saturated rings. The second-order valence-electron chi connectivity index (χ2n) is 4.77. The lowest BCUT2D eigenvalue weighted by atomic mass is 10.1. The molecule has 0 saturated carbocycles. The second-order valence-corrected chi connectivity index (χ2v) is 4.77. The fourth-order valence-corrected chi connectivity index (χ4v) is 1.82. The molecule has 0 spiro atoms. The Bertz CT molecular complexity index is 686. The van der Waals surface area contributed by atoms with E-state index >= 15 is 0 Å². The third-order valence-corrected chi connectivity index (χ3v) is 3.03. The van der Waals surface area contributed by atoms with Crippen LogP contribution < -0.4 is 10.6 Å². The van der Waals surface area contributed by atoms with Gasteiger partial charge in [0.2, 0.25) is 5.95 Å². The Kier molecular flexibility index (Phi) is 5.76. The van der Waals surface area contributed by atoms with E-state index in [0.717, 1.165) is 5.69 Å². The van der Waals surface area contributed by atoms with Crippen molar-refractivity contribution in [2.24, 2.45) is 0 Å². The van der Waals surface area contributed by atoms with Crippen molar-refractivity contribution in [3.8, 4) is 0 Å². The topological polar surface area (TPSA) is 93.2 Å². The van der Waals surface area contributed by atoms with Crippen LogP contribution in [0.3, 0.4) is 0 Å². The van der Waals surface area contributed by atoms with Crippen molar-refractivity contribution in [3.05, 3.63) is 47.8 Å². The Morgan fingerprint density at radius 2 is 1.91 bits per heavy atom. The van der Waals surface area contributed by atoms with Gasteiger partial charge in [-0.3, -0.25) is 9.59 Å². The minimum atomic E-state index is -0.292. The average Bonchev–Trinajstić information content (AvgIpc) is 2.56. The minimum Gasteiger partial charge on any atom is -0.383 e. The number of anilines is 2. The highest BCUT2D eigenvalue weighted by atomic mass is 16.5. The van der Waals surface area contributed by atoms with Crippen LogP contribution in [-0.4, -0.2) is 41.9 Å². The van der Waals surface area contributed by atoms with E-state index in [0.29, 0.717) is 24.7 Å². The van der Waals surface area contributed by atoms with E-state index in [1.165, 1.54) is 19.2 Å². The lowest BCUT2D eigenvalue weighted by Crippen LogP contribution is -2.27. The van der Waals surface area contributed by atoms with Crippen LogP contribution in [0.25, 0.3) is 0 Å². The third kappa shape index (κ3) is 4.86. The molecule has 0 aliphatic rings. The number of ether oxygens (including phenoxy) is 1. The maximum absolute atomic E-state index is 11.9. The van der Waals surface area contributed by atoms with Crippen LogP contribution in [0, 0.1) is 0 Å². The summed E-state index contributed by atoms with van der Waals surface area (Å²) >= 11 is 0. The van der Waals surface area contributed by atoms with Crippen LogP contribution in [0.4, 0.5) is 11.6 Å². The Morgan fingerprint density at radius 3 is 2.57 bits per heavy atom. The Hall–Kier alpha value is -2.80. The summed E-state index contributed by atoms with van der Waals surface area (Å²) in [5.74, 6) is 0.0157. The van der Waals surface area contributed by atoms with Crippen LogP contribution in [0.5, 0.6) is 0 Å². The largest absolute Gasteiger partial charge is 0.383 e. The molecule has 2 N–H and O–H groups in total. The Labute approximate surface area is 134 Å². The van der Waals surface area contributed by atoms with Gasteiger partial charge in [0, 0.05) is 31.1 Å². The number of hydrogen-bond donors (Lipinski definition) is 2. The lowest BCUT2D eigenvalue weighted by Gasteiger charge is -2.07. The summed E-state index contributed by atoms with van der Waals surface area (Å²) in [6.45, 7) is 2.36. The van der Waals surface area contributed by atoms with Gasteiger partial charge in [0.05, 0.1) is 6.61 Å². The van der Waals surface area contributed by atoms with Gasteiger partial charge in [-0.05, 0) is 37.3 Å². The number of carbonyl (C=O) groups is 2. The molecule has 2 rings (SSSR count). The molecule has 0 atom stereocenters. The van der Waals surface area contributed by atoms with Gasteiger partial charge in [0.15, 0.2) is 5.78 Å². The Balaban J connectivity index is 2.04. The van der Waals surface area contributed by atoms with E-state index in [1.807, 2.05) is 0 Å². The summed E-state index contributed by atoms with van der Waals surface area (Å²) < 4.78 is 4.87. The summed E-state index contributed by atoms with van der Waals surface area (Å²) in [5.41, 5.74) is 1.62. The van der Waals surface area contributed by atoms with Crippen LogP contribution >= 0.6 is 0 Å². The molecular formula is C16H18N4O3. The van der Waals surface area contributed by atoms with E-state index in [-0.39, 0.29) is 17.4 Å². The third-order valence-electron chi connectivity index (χ3n) is 3.03. The zero-order chi connectivity index (χ0) is 16.7. The zero-order valence-corrected chi connectivity index (χ0v) is 13.0. The van der Waals surface area contributed by atoms with Crippen LogP contribution in [0.1, 0.15) is 27.8 Å². The number of methoxy groups -OCH3 is 1. The first-order chi connectivity index (χ1) is 11.1. The molecule has 1 aromatic carbocycles. The number of aromatic nitrogens is 2. The maximum atomic E-state index is 11.9. The highest BCUT2D eigenvalue weighted by Crippen LogP contribution is 2.14. The Morgan fingerprint density at radius 1 is 1.17 bits per heavy atom. The number of ketones is 1. The fraction of sp³-hybridized carbons (Fsp3) is 0.250. The van der Waals surface area contributed by atoms with E-state index in [9.17, 15) is 9.59 Å². The molecule has 0 unspecified atom stereocenters. The van der Waals surface area contributed by atoms with E-state index in [4.69, 9.17) is 4.74 Å². The van der Waals surface area contributed by atoms with Gasteiger partial charge >= 0.3 is 0 Å². The number of nitrogens with zero attached hydrogens (tertiary/aromatic N) is 2. The van der Waals surface area contributed by atoms with Crippen molar-refractivity contribution in [1.82, 2.24) is 15.3 Å². The SMILES string of the molecule is COCCNC(=O)c1ccnc(Nc2ccc(C(C)=O)cc2)n1. The molecule has 0 aliphatic carbocycles. The summed E-state index contributed by atoms with van der Waals surface area (Å²) in [7, 11) is 1.57. The summed E-state index contributed by atoms with van der Waals surface area (Å²) in [6, 6.07) is 8.47. The van der Waals surface area contributed by atoms with Crippen molar-refractivity contribution >= 4 is 23.3 Å². The highest BCUT2D eigenvalue weighted by Gasteiger charge is 2.08. The summed E-state index contributed by atoms with van der Waals surface area (Å²) in [6.07, 6.45) is 1.50. The predicted octanol–water partition coefficient (Wildman–Crippen LogP) is 1.80. The fourth-order valence-electron chi connectivity index (χ4n) is 1.82. The first-order valence-corrected chi connectivity index (χ1v) is 7.08. The zero-order valence-electron chi connectivity index (χ0n) is 13.0. The van der Waals surface area contributed by atoms with Gasteiger partial charge in [-0.25, -0.2) is 9.97 Å². The molecule has 0 aliphatic heterocycles. The maximum Gasteiger partial charge on any atom is 0.270 e. The van der Waals surface area contributed by atoms with Crippen LogP contribution in [0.2, 0.25) is 0 Å². The average molecular weight is 314 g/mol. The van der Waals surface area contributed by atoms with Gasteiger partial charge in [-0.2, -0.15) is 0 Å².